The van der Waals surface area contributed by atoms with E-state index in [9.17, 15) is 14.7 Å². The van der Waals surface area contributed by atoms with Crippen LogP contribution in [-0.4, -0.2) is 35.2 Å². The lowest BCUT2D eigenvalue weighted by Gasteiger charge is -2.10. The zero-order chi connectivity index (χ0) is 18.4. The highest BCUT2D eigenvalue weighted by atomic mass is 16.5. The quantitative estimate of drug-likeness (QED) is 0.593. The number of phenols is 1. The van der Waals surface area contributed by atoms with Gasteiger partial charge in [-0.1, -0.05) is 18.2 Å². The number of hydrogen-bond acceptors (Lipinski definition) is 5. The highest BCUT2D eigenvalue weighted by Crippen LogP contribution is 2.26. The Kier molecular flexibility index (Phi) is 5.79. The molecular weight excluding hydrogens is 324 g/mol. The molecule has 0 saturated heterocycles. The highest BCUT2D eigenvalue weighted by molar-refractivity contribution is 6.07. The molecule has 6 heteroatoms. The van der Waals surface area contributed by atoms with Crippen LogP contribution < -0.4 is 9.47 Å². The van der Waals surface area contributed by atoms with E-state index in [0.717, 1.165) is 0 Å². The van der Waals surface area contributed by atoms with Crippen LogP contribution in [0.3, 0.4) is 0 Å². The van der Waals surface area contributed by atoms with Gasteiger partial charge in [0.1, 0.15) is 5.75 Å². The first-order valence-corrected chi connectivity index (χ1v) is 7.49. The normalized spacial score (nSPS) is 11.9. The molecule has 0 spiro atoms. The number of aromatic hydroxyl groups is 1. The lowest BCUT2D eigenvalue weighted by molar-refractivity contribution is -0.144. The van der Waals surface area contributed by atoms with Crippen LogP contribution in [-0.2, 0) is 4.79 Å². The Bertz CT molecular complexity index is 809. The first-order chi connectivity index (χ1) is 11.9. The zero-order valence-electron chi connectivity index (χ0n) is 13.8. The lowest BCUT2D eigenvalue weighted by atomic mass is 10.1. The Morgan fingerprint density at radius 2 is 1.92 bits per heavy atom. The number of benzene rings is 2. The standard InChI is InChI=1S/C19H18O6/c1-12(19(22)23)25-15-5-3-4-13(10-15)6-8-16(20)14-7-9-17(21)18(11-14)24-2/h3-12,21H,1-2H3,(H,22,23)/b8-6-/t12-/m0/s1. The minimum Gasteiger partial charge on any atom is -0.504 e. The Morgan fingerprint density at radius 1 is 1.16 bits per heavy atom. The van der Waals surface area contributed by atoms with Crippen LogP contribution in [0.25, 0.3) is 6.08 Å². The summed E-state index contributed by atoms with van der Waals surface area (Å²) in [5.41, 5.74) is 1.06. The fraction of sp³-hybridized carbons (Fsp3) is 0.158. The Morgan fingerprint density at radius 3 is 2.60 bits per heavy atom. The lowest BCUT2D eigenvalue weighted by Crippen LogP contribution is -2.22. The van der Waals surface area contributed by atoms with Crippen LogP contribution >= 0.6 is 0 Å². The molecule has 0 aliphatic carbocycles. The van der Waals surface area contributed by atoms with Crippen LogP contribution in [0.4, 0.5) is 0 Å². The van der Waals surface area contributed by atoms with E-state index in [2.05, 4.69) is 0 Å². The van der Waals surface area contributed by atoms with E-state index in [1.165, 1.54) is 38.3 Å². The van der Waals surface area contributed by atoms with Gasteiger partial charge in [0.05, 0.1) is 7.11 Å². The molecule has 0 bridgehead atoms. The molecule has 0 amide bonds. The maximum Gasteiger partial charge on any atom is 0.344 e. The maximum atomic E-state index is 12.2. The first-order valence-electron chi connectivity index (χ1n) is 7.49. The second kappa shape index (κ2) is 8.01. The number of phenolic OH excluding ortho intramolecular Hbond substituents is 1. The molecule has 2 aromatic rings. The summed E-state index contributed by atoms with van der Waals surface area (Å²) in [5, 5.41) is 18.4. The van der Waals surface area contributed by atoms with Crippen LogP contribution in [0.1, 0.15) is 22.8 Å². The van der Waals surface area contributed by atoms with Crippen molar-refractivity contribution in [2.45, 2.75) is 13.0 Å². The van der Waals surface area contributed by atoms with Crippen molar-refractivity contribution in [3.05, 3.63) is 59.7 Å². The molecule has 2 aromatic carbocycles. The number of methoxy groups -OCH3 is 1. The molecule has 6 nitrogen and oxygen atoms in total. The van der Waals surface area contributed by atoms with E-state index >= 15 is 0 Å². The molecule has 0 unspecified atom stereocenters. The average molecular weight is 342 g/mol. The van der Waals surface area contributed by atoms with Crippen molar-refractivity contribution in [3.8, 4) is 17.2 Å². The van der Waals surface area contributed by atoms with Crippen molar-refractivity contribution in [1.82, 2.24) is 0 Å². The van der Waals surface area contributed by atoms with Crippen LogP contribution in [0.2, 0.25) is 0 Å². The predicted molar refractivity (Wildman–Crippen MR) is 92.2 cm³/mol. The number of carbonyl (C=O) groups excluding carboxylic acids is 1. The molecule has 1 atom stereocenters. The van der Waals surface area contributed by atoms with E-state index in [-0.39, 0.29) is 17.3 Å². The predicted octanol–water partition coefficient (Wildman–Crippen LogP) is 3.15. The molecule has 25 heavy (non-hydrogen) atoms. The summed E-state index contributed by atoms with van der Waals surface area (Å²) in [6.45, 7) is 1.44. The van der Waals surface area contributed by atoms with Crippen molar-refractivity contribution in [3.63, 3.8) is 0 Å². The molecule has 0 aliphatic rings. The van der Waals surface area contributed by atoms with E-state index < -0.39 is 12.1 Å². The molecule has 0 aliphatic heterocycles. The second-order valence-corrected chi connectivity index (χ2v) is 5.26. The molecule has 0 heterocycles. The van der Waals surface area contributed by atoms with Crippen molar-refractivity contribution < 1.29 is 29.3 Å². The maximum absolute atomic E-state index is 12.2. The van der Waals surface area contributed by atoms with Crippen molar-refractivity contribution in [2.75, 3.05) is 7.11 Å². The third kappa shape index (κ3) is 4.84. The molecule has 2 N–H and O–H groups in total. The molecular formula is C19H18O6. The van der Waals surface area contributed by atoms with Crippen LogP contribution in [0.15, 0.2) is 48.5 Å². The summed E-state index contributed by atoms with van der Waals surface area (Å²) >= 11 is 0. The minimum absolute atomic E-state index is 0.0413. The molecule has 2 rings (SSSR count). The summed E-state index contributed by atoms with van der Waals surface area (Å²) in [4.78, 5) is 23.0. The Labute approximate surface area is 144 Å². The van der Waals surface area contributed by atoms with Gasteiger partial charge in [0, 0.05) is 5.56 Å². The molecule has 0 fully saturated rings. The van der Waals surface area contributed by atoms with Crippen LogP contribution in [0.5, 0.6) is 17.2 Å². The SMILES string of the molecule is COc1cc(C(=O)/C=C\c2cccc(O[C@@H](C)C(=O)O)c2)ccc1O. The van der Waals surface area contributed by atoms with Gasteiger partial charge in [-0.3, -0.25) is 4.79 Å². The van der Waals surface area contributed by atoms with E-state index in [4.69, 9.17) is 14.6 Å². The molecule has 0 saturated carbocycles. The van der Waals surface area contributed by atoms with Crippen molar-refractivity contribution >= 4 is 17.8 Å². The average Bonchev–Trinajstić information content (AvgIpc) is 2.60. The smallest absolute Gasteiger partial charge is 0.344 e. The summed E-state index contributed by atoms with van der Waals surface area (Å²) in [6, 6.07) is 11.1. The van der Waals surface area contributed by atoms with Gasteiger partial charge in [0.25, 0.3) is 0 Å². The van der Waals surface area contributed by atoms with Gasteiger partial charge in [0.15, 0.2) is 23.4 Å². The van der Waals surface area contributed by atoms with Gasteiger partial charge in [0.2, 0.25) is 0 Å². The van der Waals surface area contributed by atoms with Gasteiger partial charge in [-0.05, 0) is 48.9 Å². The van der Waals surface area contributed by atoms with E-state index in [1.54, 1.807) is 30.3 Å². The largest absolute Gasteiger partial charge is 0.504 e. The number of rotatable bonds is 7. The van der Waals surface area contributed by atoms with Gasteiger partial charge in [-0.25, -0.2) is 4.79 Å². The van der Waals surface area contributed by atoms with Gasteiger partial charge in [-0.15, -0.1) is 0 Å². The number of aliphatic carboxylic acids is 1. The number of allylic oxidation sites excluding steroid dienone is 1. The number of ether oxygens (including phenoxy) is 2. The molecule has 130 valence electrons. The van der Waals surface area contributed by atoms with Crippen molar-refractivity contribution in [1.29, 1.82) is 0 Å². The monoisotopic (exact) mass is 342 g/mol. The van der Waals surface area contributed by atoms with Gasteiger partial charge in [-0.2, -0.15) is 0 Å². The van der Waals surface area contributed by atoms with Crippen molar-refractivity contribution in [2.24, 2.45) is 0 Å². The third-order valence-electron chi connectivity index (χ3n) is 3.41. The molecule has 0 radical (unpaired) electrons. The number of carbonyl (C=O) groups is 2. The summed E-state index contributed by atoms with van der Waals surface area (Å²) in [5.74, 6) is -0.741. The van der Waals surface area contributed by atoms with Crippen LogP contribution in [0, 0.1) is 0 Å². The number of carboxylic acid groups (broad SMARTS) is 1. The minimum atomic E-state index is -1.06. The van der Waals surface area contributed by atoms with Gasteiger partial charge >= 0.3 is 5.97 Å². The van der Waals surface area contributed by atoms with E-state index in [0.29, 0.717) is 16.9 Å². The summed E-state index contributed by atoms with van der Waals surface area (Å²) in [6.07, 6.45) is 2.01. The zero-order valence-corrected chi connectivity index (χ0v) is 13.8. The fourth-order valence-electron chi connectivity index (χ4n) is 2.05. The first kappa shape index (κ1) is 18.1. The number of carboxylic acids is 1. The fourth-order valence-corrected chi connectivity index (χ4v) is 2.05. The molecule has 0 aromatic heterocycles. The summed E-state index contributed by atoms with van der Waals surface area (Å²) in [7, 11) is 1.41. The highest BCUT2D eigenvalue weighted by Gasteiger charge is 2.12. The topological polar surface area (TPSA) is 93.1 Å². The Balaban J connectivity index is 2.13. The number of ketones is 1. The summed E-state index contributed by atoms with van der Waals surface area (Å²) < 4.78 is 10.3. The third-order valence-corrected chi connectivity index (χ3v) is 3.41. The number of hydrogen-bond donors (Lipinski definition) is 2. The Hall–Kier alpha value is -3.28. The van der Waals surface area contributed by atoms with Gasteiger partial charge < -0.3 is 19.7 Å². The second-order valence-electron chi connectivity index (χ2n) is 5.26. The van der Waals surface area contributed by atoms with E-state index in [1.807, 2.05) is 0 Å².